The summed E-state index contributed by atoms with van der Waals surface area (Å²) in [6.45, 7) is 1.16. The molecule has 2 rings (SSSR count). The molecule has 1 aliphatic heterocycles. The van der Waals surface area contributed by atoms with Gasteiger partial charge in [0, 0.05) is 0 Å². The number of hydrogen-bond acceptors (Lipinski definition) is 7. The van der Waals surface area contributed by atoms with E-state index in [2.05, 4.69) is 5.32 Å². The average Bonchev–Trinajstić information content (AvgIpc) is 2.65. The van der Waals surface area contributed by atoms with Crippen molar-refractivity contribution in [1.82, 2.24) is 10.6 Å². The molecule has 3 N–H and O–H groups in total. The van der Waals surface area contributed by atoms with Crippen LogP contribution in [0.2, 0.25) is 0 Å². The molecule has 1 heterocycles. The first-order chi connectivity index (χ1) is 13.5. The maximum Gasteiger partial charge on any atom is 0.437 e. The number of ether oxygens (including phenoxy) is 4. The van der Waals surface area contributed by atoms with Gasteiger partial charge in [-0.25, -0.2) is 4.79 Å². The van der Waals surface area contributed by atoms with Crippen LogP contribution < -0.4 is 24.8 Å². The number of carbonyl (C=O) groups is 2. The van der Waals surface area contributed by atoms with Gasteiger partial charge < -0.3 is 34.7 Å². The van der Waals surface area contributed by atoms with Crippen molar-refractivity contribution in [2.24, 2.45) is 5.92 Å². The Morgan fingerprint density at radius 3 is 2.14 bits per heavy atom. The van der Waals surface area contributed by atoms with Gasteiger partial charge in [-0.3, -0.25) is 4.79 Å². The minimum atomic E-state index is -5.37. The highest BCUT2D eigenvalue weighted by atomic mass is 19.4. The van der Waals surface area contributed by atoms with Crippen LogP contribution >= 0.6 is 0 Å². The number of amides is 2. The fraction of sp³-hybridized carbons (Fsp3) is 0.529. The van der Waals surface area contributed by atoms with Gasteiger partial charge in [0.2, 0.25) is 5.75 Å². The van der Waals surface area contributed by atoms with Crippen molar-refractivity contribution >= 4 is 12.0 Å². The van der Waals surface area contributed by atoms with E-state index in [9.17, 15) is 27.9 Å². The molecule has 0 spiro atoms. The lowest BCUT2D eigenvalue weighted by atomic mass is 9.81. The van der Waals surface area contributed by atoms with Crippen molar-refractivity contribution in [3.8, 4) is 17.2 Å². The number of hydrogen-bond donors (Lipinski definition) is 3. The second-order valence-corrected chi connectivity index (χ2v) is 6.03. The molecule has 0 aliphatic carbocycles. The lowest BCUT2D eigenvalue weighted by molar-refractivity contribution is -0.294. The van der Waals surface area contributed by atoms with Crippen LogP contribution in [0.25, 0.3) is 0 Å². The van der Waals surface area contributed by atoms with Gasteiger partial charge in [-0.1, -0.05) is 0 Å². The SMILES string of the molecule is CCOC(=O)[C@H]1[C@H](c2cc(OC)c(OC)c(OC)c2)NC(=O)N[C@@]1(O)C(F)(F)F. The monoisotopic (exact) mass is 422 g/mol. The molecule has 1 saturated heterocycles. The van der Waals surface area contributed by atoms with Gasteiger partial charge in [-0.15, -0.1) is 0 Å². The number of benzene rings is 1. The molecule has 9 nitrogen and oxygen atoms in total. The topological polar surface area (TPSA) is 115 Å². The molecule has 1 aromatic carbocycles. The zero-order valence-corrected chi connectivity index (χ0v) is 16.0. The van der Waals surface area contributed by atoms with E-state index in [-0.39, 0.29) is 29.4 Å². The molecular formula is C17H21F3N2O7. The van der Waals surface area contributed by atoms with Crippen LogP contribution in [0, 0.1) is 5.92 Å². The van der Waals surface area contributed by atoms with Crippen LogP contribution in [0.4, 0.5) is 18.0 Å². The third kappa shape index (κ3) is 3.97. The van der Waals surface area contributed by atoms with E-state index in [1.807, 2.05) is 0 Å². The van der Waals surface area contributed by atoms with Crippen LogP contribution in [0.1, 0.15) is 18.5 Å². The maximum atomic E-state index is 13.7. The first-order valence-electron chi connectivity index (χ1n) is 8.38. The van der Waals surface area contributed by atoms with E-state index in [1.54, 1.807) is 0 Å². The summed E-state index contributed by atoms with van der Waals surface area (Å²) in [4.78, 5) is 24.4. The van der Waals surface area contributed by atoms with Gasteiger partial charge in [-0.2, -0.15) is 13.2 Å². The fourth-order valence-electron chi connectivity index (χ4n) is 3.10. The molecule has 0 saturated carbocycles. The number of alkyl halides is 3. The number of aliphatic hydroxyl groups is 1. The predicted octanol–water partition coefficient (Wildman–Crippen LogP) is 1.50. The van der Waals surface area contributed by atoms with Gasteiger partial charge in [0.25, 0.3) is 5.72 Å². The Labute approximate surface area is 164 Å². The minimum Gasteiger partial charge on any atom is -0.493 e. The third-order valence-electron chi connectivity index (χ3n) is 4.39. The summed E-state index contributed by atoms with van der Waals surface area (Å²) in [5.41, 5.74) is -3.87. The first kappa shape index (κ1) is 22.4. The third-order valence-corrected chi connectivity index (χ3v) is 4.39. The van der Waals surface area contributed by atoms with Crippen LogP contribution in [-0.2, 0) is 9.53 Å². The fourth-order valence-corrected chi connectivity index (χ4v) is 3.10. The number of urea groups is 1. The van der Waals surface area contributed by atoms with Crippen molar-refractivity contribution in [3.63, 3.8) is 0 Å². The Morgan fingerprint density at radius 2 is 1.72 bits per heavy atom. The van der Waals surface area contributed by atoms with Crippen LogP contribution in [0.15, 0.2) is 12.1 Å². The van der Waals surface area contributed by atoms with E-state index in [0.717, 1.165) is 0 Å². The van der Waals surface area contributed by atoms with Crippen LogP contribution in [0.3, 0.4) is 0 Å². The van der Waals surface area contributed by atoms with Gasteiger partial charge in [0.1, 0.15) is 5.92 Å². The summed E-state index contributed by atoms with van der Waals surface area (Å²) in [7, 11) is 3.91. The molecule has 1 fully saturated rings. The molecule has 0 unspecified atom stereocenters. The summed E-state index contributed by atoms with van der Waals surface area (Å²) in [5, 5.41) is 14.0. The number of nitrogens with one attached hydrogen (secondary N) is 2. The van der Waals surface area contributed by atoms with Gasteiger partial charge in [0.05, 0.1) is 34.0 Å². The largest absolute Gasteiger partial charge is 0.493 e. The van der Waals surface area contributed by atoms with E-state index >= 15 is 0 Å². The highest BCUT2D eigenvalue weighted by molar-refractivity contribution is 5.83. The highest BCUT2D eigenvalue weighted by Crippen LogP contribution is 2.46. The van der Waals surface area contributed by atoms with Crippen LogP contribution in [0.5, 0.6) is 17.2 Å². The molecule has 0 bridgehead atoms. The molecule has 12 heteroatoms. The zero-order chi connectivity index (χ0) is 22.0. The number of methoxy groups -OCH3 is 3. The normalized spacial score (nSPS) is 24.2. The number of halogens is 3. The molecule has 29 heavy (non-hydrogen) atoms. The molecule has 1 aromatic rings. The Hall–Kier alpha value is -2.89. The minimum absolute atomic E-state index is 0.00456. The van der Waals surface area contributed by atoms with Crippen molar-refractivity contribution < 1.29 is 46.8 Å². The summed E-state index contributed by atoms with van der Waals surface area (Å²) in [6, 6.07) is -0.423. The van der Waals surface area contributed by atoms with E-state index in [4.69, 9.17) is 18.9 Å². The van der Waals surface area contributed by atoms with E-state index in [0.29, 0.717) is 0 Å². The van der Waals surface area contributed by atoms with Crippen molar-refractivity contribution in [3.05, 3.63) is 17.7 Å². The van der Waals surface area contributed by atoms with Gasteiger partial charge >= 0.3 is 18.2 Å². The highest BCUT2D eigenvalue weighted by Gasteiger charge is 2.67. The van der Waals surface area contributed by atoms with Gasteiger partial charge in [0.15, 0.2) is 11.5 Å². The van der Waals surface area contributed by atoms with Crippen LogP contribution in [-0.4, -0.2) is 56.9 Å². The summed E-state index contributed by atoms with van der Waals surface area (Å²) in [6.07, 6.45) is -5.37. The average molecular weight is 422 g/mol. The predicted molar refractivity (Wildman–Crippen MR) is 91.6 cm³/mol. The van der Waals surface area contributed by atoms with Gasteiger partial charge in [-0.05, 0) is 24.6 Å². The second kappa shape index (κ2) is 8.23. The van der Waals surface area contributed by atoms with E-state index < -0.39 is 35.9 Å². The molecule has 162 valence electrons. The Bertz CT molecular complexity index is 762. The lowest BCUT2D eigenvalue weighted by Gasteiger charge is -2.44. The molecule has 0 radical (unpaired) electrons. The number of esters is 1. The molecule has 2 amide bonds. The molecule has 3 atom stereocenters. The maximum absolute atomic E-state index is 13.7. The first-order valence-corrected chi connectivity index (χ1v) is 8.38. The smallest absolute Gasteiger partial charge is 0.437 e. The Balaban J connectivity index is 2.70. The van der Waals surface area contributed by atoms with Crippen molar-refractivity contribution in [2.45, 2.75) is 24.9 Å². The number of carbonyl (C=O) groups excluding carboxylic acids is 2. The standard InChI is InChI=1S/C17H21F3N2O7/c1-5-29-14(23)11-12(21-15(24)22-16(11,25)17(18,19)20)8-6-9(26-2)13(28-4)10(7-8)27-3/h6-7,11-12,25H,5H2,1-4H3,(H2,21,22,24)/t11-,12+,16+/m1/s1. The summed E-state index contributed by atoms with van der Waals surface area (Å²) < 4.78 is 61.3. The number of rotatable bonds is 6. The summed E-state index contributed by atoms with van der Waals surface area (Å²) >= 11 is 0. The quantitative estimate of drug-likeness (QED) is 0.595. The Kier molecular flexibility index (Phi) is 6.36. The lowest BCUT2D eigenvalue weighted by Crippen LogP contribution is -2.73. The molecule has 0 aromatic heterocycles. The molecule has 1 aliphatic rings. The molecular weight excluding hydrogens is 401 g/mol. The van der Waals surface area contributed by atoms with Crippen molar-refractivity contribution in [1.29, 1.82) is 0 Å². The van der Waals surface area contributed by atoms with Crippen molar-refractivity contribution in [2.75, 3.05) is 27.9 Å². The summed E-state index contributed by atoms with van der Waals surface area (Å²) in [5.74, 6) is -3.32. The van der Waals surface area contributed by atoms with E-state index in [1.165, 1.54) is 45.7 Å². The zero-order valence-electron chi connectivity index (χ0n) is 16.0. The second-order valence-electron chi connectivity index (χ2n) is 6.03. The Morgan fingerprint density at radius 1 is 1.17 bits per heavy atom.